The molecule has 1 aliphatic rings. The van der Waals surface area contributed by atoms with E-state index in [1.165, 1.54) is 16.8 Å². The Morgan fingerprint density at radius 2 is 1.96 bits per heavy atom. The van der Waals surface area contributed by atoms with Crippen molar-refractivity contribution in [2.45, 2.75) is 46.0 Å². The quantitative estimate of drug-likeness (QED) is 0.729. The van der Waals surface area contributed by atoms with Crippen LogP contribution >= 0.6 is 0 Å². The summed E-state index contributed by atoms with van der Waals surface area (Å²) >= 11 is 0. The van der Waals surface area contributed by atoms with Gasteiger partial charge in [0.05, 0.1) is 6.54 Å². The molecule has 2 aromatic rings. The fourth-order valence-corrected chi connectivity index (χ4v) is 4.16. The summed E-state index contributed by atoms with van der Waals surface area (Å²) in [6.45, 7) is 10.3. The molecule has 0 aliphatic carbocycles. The lowest BCUT2D eigenvalue weighted by atomic mass is 9.93. The fourth-order valence-electron chi connectivity index (χ4n) is 4.16. The maximum atomic E-state index is 12.5. The number of piperidine rings is 1. The van der Waals surface area contributed by atoms with Crippen LogP contribution in [0.1, 0.15) is 55.1 Å². The molecule has 4 nitrogen and oxygen atoms in total. The highest BCUT2D eigenvalue weighted by atomic mass is 16.2. The van der Waals surface area contributed by atoms with Crippen LogP contribution in [0.2, 0.25) is 0 Å². The summed E-state index contributed by atoms with van der Waals surface area (Å²) in [6, 6.07) is 15.0. The Morgan fingerprint density at radius 1 is 1.18 bits per heavy atom. The molecule has 3 rings (SSSR count). The van der Waals surface area contributed by atoms with E-state index in [9.17, 15) is 4.79 Å². The molecule has 1 aliphatic heterocycles. The zero-order valence-electron chi connectivity index (χ0n) is 17.5. The number of aromatic nitrogens is 1. The first kappa shape index (κ1) is 20.5. The highest BCUT2D eigenvalue weighted by molar-refractivity contribution is 5.78. The molecular weight excluding hydrogens is 346 g/mol. The Kier molecular flexibility index (Phi) is 7.21. The molecule has 0 radical (unpaired) electrons. The molecule has 0 bridgehead atoms. The first-order valence-corrected chi connectivity index (χ1v) is 10.6. The van der Waals surface area contributed by atoms with Gasteiger partial charge in [0, 0.05) is 43.4 Å². The Balaban J connectivity index is 1.65. The summed E-state index contributed by atoms with van der Waals surface area (Å²) in [5.41, 5.74) is 4.89. The van der Waals surface area contributed by atoms with Crippen LogP contribution in [0.5, 0.6) is 0 Å². The van der Waals surface area contributed by atoms with Crippen molar-refractivity contribution in [1.29, 1.82) is 0 Å². The van der Waals surface area contributed by atoms with E-state index in [2.05, 4.69) is 54.3 Å². The highest BCUT2D eigenvalue weighted by Crippen LogP contribution is 2.26. The molecule has 150 valence electrons. The van der Waals surface area contributed by atoms with Gasteiger partial charge in [0.15, 0.2) is 0 Å². The third-order valence-electron chi connectivity index (χ3n) is 5.69. The number of hydrogen-bond donors (Lipinski definition) is 0. The van der Waals surface area contributed by atoms with E-state index in [4.69, 9.17) is 4.98 Å². The first-order chi connectivity index (χ1) is 13.6. The minimum atomic E-state index is 0.242. The summed E-state index contributed by atoms with van der Waals surface area (Å²) in [6.07, 6.45) is 3.14. The molecule has 0 unspecified atom stereocenters. The van der Waals surface area contributed by atoms with Crippen LogP contribution in [-0.2, 0) is 11.2 Å². The molecule has 28 heavy (non-hydrogen) atoms. The molecule has 2 heterocycles. The average molecular weight is 380 g/mol. The lowest BCUT2D eigenvalue weighted by Crippen LogP contribution is -2.43. The standard InChI is InChI=1S/C24H33N3O/c1-4-27(5-2)24(28)18-26-14-8-11-21(17-26)23-13-7-12-22(25-23)16-20-10-6-9-19(3)15-20/h6-7,9-10,12-13,15,21H,4-5,8,11,14,16-18H2,1-3H3/t21-/m0/s1. The van der Waals surface area contributed by atoms with E-state index in [1.807, 2.05) is 18.7 Å². The Bertz CT molecular complexity index is 785. The number of likely N-dealkylation sites (N-methyl/N-ethyl adjacent to an activating group) is 1. The number of carbonyl (C=O) groups is 1. The van der Waals surface area contributed by atoms with Crippen molar-refractivity contribution in [2.75, 3.05) is 32.7 Å². The number of aryl methyl sites for hydroxylation is 1. The summed E-state index contributed by atoms with van der Waals surface area (Å²) in [4.78, 5) is 21.7. The first-order valence-electron chi connectivity index (χ1n) is 10.6. The number of carbonyl (C=O) groups excluding carboxylic acids is 1. The smallest absolute Gasteiger partial charge is 0.236 e. The molecule has 4 heteroatoms. The van der Waals surface area contributed by atoms with Gasteiger partial charge in [-0.05, 0) is 57.9 Å². The minimum Gasteiger partial charge on any atom is -0.342 e. The minimum absolute atomic E-state index is 0.242. The second-order valence-electron chi connectivity index (χ2n) is 7.86. The molecule has 1 amide bonds. The van der Waals surface area contributed by atoms with Crippen LogP contribution in [0.25, 0.3) is 0 Å². The van der Waals surface area contributed by atoms with Crippen molar-refractivity contribution >= 4 is 5.91 Å². The maximum absolute atomic E-state index is 12.5. The van der Waals surface area contributed by atoms with Gasteiger partial charge in [0.2, 0.25) is 5.91 Å². The monoisotopic (exact) mass is 379 g/mol. The number of benzene rings is 1. The molecule has 1 aromatic carbocycles. The van der Waals surface area contributed by atoms with E-state index in [0.29, 0.717) is 12.5 Å². The topological polar surface area (TPSA) is 36.4 Å². The van der Waals surface area contributed by atoms with Gasteiger partial charge in [-0.15, -0.1) is 0 Å². The van der Waals surface area contributed by atoms with E-state index in [0.717, 1.165) is 51.1 Å². The van der Waals surface area contributed by atoms with E-state index < -0.39 is 0 Å². The lowest BCUT2D eigenvalue weighted by Gasteiger charge is -2.33. The lowest BCUT2D eigenvalue weighted by molar-refractivity contribution is -0.132. The van der Waals surface area contributed by atoms with Crippen molar-refractivity contribution in [3.63, 3.8) is 0 Å². The van der Waals surface area contributed by atoms with Crippen LogP contribution in [-0.4, -0.2) is 53.4 Å². The Hall–Kier alpha value is -2.20. The number of rotatable bonds is 7. The van der Waals surface area contributed by atoms with Gasteiger partial charge in [0.1, 0.15) is 0 Å². The van der Waals surface area contributed by atoms with Gasteiger partial charge in [-0.3, -0.25) is 14.7 Å². The normalized spacial score (nSPS) is 17.5. The number of nitrogens with zero attached hydrogens (tertiary/aromatic N) is 3. The van der Waals surface area contributed by atoms with Gasteiger partial charge >= 0.3 is 0 Å². The Labute approximate surface area is 169 Å². The number of pyridine rings is 1. The highest BCUT2D eigenvalue weighted by Gasteiger charge is 2.25. The molecule has 1 atom stereocenters. The van der Waals surface area contributed by atoms with Crippen molar-refractivity contribution in [3.8, 4) is 0 Å². The van der Waals surface area contributed by atoms with Gasteiger partial charge in [-0.1, -0.05) is 35.9 Å². The third kappa shape index (κ3) is 5.41. The summed E-state index contributed by atoms with van der Waals surface area (Å²) < 4.78 is 0. The van der Waals surface area contributed by atoms with Crippen LogP contribution < -0.4 is 0 Å². The molecule has 1 saturated heterocycles. The summed E-state index contributed by atoms with van der Waals surface area (Å²) in [7, 11) is 0. The molecule has 0 spiro atoms. The van der Waals surface area contributed by atoms with E-state index in [1.54, 1.807) is 0 Å². The van der Waals surface area contributed by atoms with Crippen LogP contribution in [0.3, 0.4) is 0 Å². The molecule has 1 fully saturated rings. The molecule has 1 aromatic heterocycles. The largest absolute Gasteiger partial charge is 0.342 e. The summed E-state index contributed by atoms with van der Waals surface area (Å²) in [5, 5.41) is 0. The SMILES string of the molecule is CCN(CC)C(=O)CN1CCC[C@H](c2cccc(Cc3cccc(C)c3)n2)C1. The third-order valence-corrected chi connectivity index (χ3v) is 5.69. The molecule has 0 N–H and O–H groups in total. The second-order valence-corrected chi connectivity index (χ2v) is 7.86. The van der Waals surface area contributed by atoms with Gasteiger partial charge in [-0.25, -0.2) is 0 Å². The molecular formula is C24H33N3O. The number of amides is 1. The second kappa shape index (κ2) is 9.83. The van der Waals surface area contributed by atoms with Crippen LogP contribution in [0.4, 0.5) is 0 Å². The molecule has 0 saturated carbocycles. The van der Waals surface area contributed by atoms with Crippen molar-refractivity contribution in [1.82, 2.24) is 14.8 Å². The van der Waals surface area contributed by atoms with Gasteiger partial charge in [-0.2, -0.15) is 0 Å². The fraction of sp³-hybridized carbons (Fsp3) is 0.500. The Morgan fingerprint density at radius 3 is 2.71 bits per heavy atom. The van der Waals surface area contributed by atoms with Gasteiger partial charge < -0.3 is 4.90 Å². The maximum Gasteiger partial charge on any atom is 0.236 e. The zero-order chi connectivity index (χ0) is 19.9. The van der Waals surface area contributed by atoms with E-state index >= 15 is 0 Å². The summed E-state index contributed by atoms with van der Waals surface area (Å²) in [5.74, 6) is 0.655. The number of likely N-dealkylation sites (tertiary alicyclic amines) is 1. The van der Waals surface area contributed by atoms with Crippen LogP contribution in [0.15, 0.2) is 42.5 Å². The van der Waals surface area contributed by atoms with Gasteiger partial charge in [0.25, 0.3) is 0 Å². The zero-order valence-corrected chi connectivity index (χ0v) is 17.5. The number of hydrogen-bond acceptors (Lipinski definition) is 3. The predicted octanol–water partition coefficient (Wildman–Crippen LogP) is 4.03. The van der Waals surface area contributed by atoms with Crippen LogP contribution in [0, 0.1) is 6.92 Å². The predicted molar refractivity (Wildman–Crippen MR) is 115 cm³/mol. The average Bonchev–Trinajstić information content (AvgIpc) is 2.69. The van der Waals surface area contributed by atoms with E-state index in [-0.39, 0.29) is 5.91 Å². The van der Waals surface area contributed by atoms with Crippen molar-refractivity contribution in [2.24, 2.45) is 0 Å². The van der Waals surface area contributed by atoms with Crippen molar-refractivity contribution < 1.29 is 4.79 Å². The van der Waals surface area contributed by atoms with Crippen molar-refractivity contribution in [3.05, 3.63) is 65.0 Å².